The Labute approximate surface area is 240 Å². The van der Waals surface area contributed by atoms with Gasteiger partial charge in [0, 0.05) is 17.1 Å². The van der Waals surface area contributed by atoms with Gasteiger partial charge in [-0.15, -0.1) is 0 Å². The van der Waals surface area contributed by atoms with Gasteiger partial charge in [0.2, 0.25) is 0 Å². The first-order valence-corrected chi connectivity index (χ1v) is 9.32. The van der Waals surface area contributed by atoms with Crippen LogP contribution in [0.4, 0.5) is 13.2 Å². The van der Waals surface area contributed by atoms with Gasteiger partial charge < -0.3 is 26.2 Å². The zero-order chi connectivity index (χ0) is 27.3. The van der Waals surface area contributed by atoms with Gasteiger partial charge in [-0.05, 0) is 0 Å². The molecule has 0 radical (unpaired) electrons. The summed E-state index contributed by atoms with van der Waals surface area (Å²) in [6.45, 7) is 13.2. The molecule has 0 aliphatic carbocycles. The SMILES string of the molecule is Cc1ccc[cH-]1.Cc1ccc[cH-]1.O=S(=O)([O-])C(F)(F)F.[C-]#[O+].[C-]#[O+].[Fe+2].[Fe].[Mn+3].[N-]=O.[NH-]O.c1cc[cH-]c1. The van der Waals surface area contributed by atoms with Gasteiger partial charge in [-0.2, -0.15) is 66.8 Å². The molecule has 3 rings (SSSR count). The van der Waals surface area contributed by atoms with Crippen molar-refractivity contribution in [1.29, 1.82) is 0 Å². The maximum absolute atomic E-state index is 10.7. The molecule has 3 aromatic rings. The number of hydrogen-bond donors (Lipinski definition) is 1. The fourth-order valence-corrected chi connectivity index (χ4v) is 1.26. The van der Waals surface area contributed by atoms with E-state index in [1.807, 2.05) is 54.6 Å². The molecule has 0 atom stereocenters. The minimum atomic E-state index is -6.09. The Morgan fingerprint density at radius 3 is 1.19 bits per heavy atom. The summed E-state index contributed by atoms with van der Waals surface area (Å²) in [4.78, 5) is 7.25. The third kappa shape index (κ3) is 45.8. The third-order valence-electron chi connectivity index (χ3n) is 2.50. The minimum absolute atomic E-state index is 0. The van der Waals surface area contributed by atoms with Gasteiger partial charge >= 0.3 is 62.3 Å². The topological polar surface area (TPSA) is 180 Å². The molecular formula is C20H21F3Fe2MnN2O7S-. The molecule has 0 amide bonds. The monoisotopic (exact) mass is 657 g/mol. The zero-order valence-electron chi connectivity index (χ0n) is 18.5. The number of nitrogens with one attached hydrogen (secondary N) is 1. The molecule has 204 valence electrons. The molecule has 16 heteroatoms. The molecule has 0 unspecified atom stereocenters. The van der Waals surface area contributed by atoms with Crippen molar-refractivity contribution in [3.8, 4) is 0 Å². The molecule has 0 fully saturated rings. The standard InChI is InChI=1S/2C6H7.C5H5.CHF3O3S.2CO.2Fe.Mn.H2NO.NO/c2*1-6-4-2-3-5-6;1-2-4-5-3-1;2-1(3,4)8(5,6)7;2*1-2;;;;2*1-2/h2*2-5H,1H3;1-5H;(H,5,6,7);;;;;;1-2H;/q3*-1;;;;;+2;+3;2*-1/p-1. The van der Waals surface area contributed by atoms with Gasteiger partial charge in [-0.25, -0.2) is 44.8 Å². The molecule has 0 saturated heterocycles. The minimum Gasteiger partial charge on any atom is -0.577 e. The van der Waals surface area contributed by atoms with E-state index in [4.69, 9.17) is 43.9 Å². The second kappa shape index (κ2) is 40.5. The van der Waals surface area contributed by atoms with E-state index in [2.05, 4.69) is 51.4 Å². The van der Waals surface area contributed by atoms with Crippen molar-refractivity contribution in [3.63, 3.8) is 0 Å². The normalized spacial score (nSPS) is 7.56. The summed E-state index contributed by atoms with van der Waals surface area (Å²) in [6, 6.07) is 26.5. The molecule has 9 nitrogen and oxygen atoms in total. The molecule has 0 spiro atoms. The van der Waals surface area contributed by atoms with Gasteiger partial charge in [0.25, 0.3) is 0 Å². The number of hydrogen-bond acceptors (Lipinski definition) is 5. The predicted octanol–water partition coefficient (Wildman–Crippen LogP) is 5.55. The Morgan fingerprint density at radius 2 is 1.14 bits per heavy atom. The Hall–Kier alpha value is -1.69. The summed E-state index contributed by atoms with van der Waals surface area (Å²) < 4.78 is 73.9. The van der Waals surface area contributed by atoms with E-state index in [9.17, 15) is 13.2 Å². The van der Waals surface area contributed by atoms with Crippen LogP contribution in [0.5, 0.6) is 0 Å². The number of nitroso groups, excluding NO2 is 1. The molecule has 0 aliphatic rings. The van der Waals surface area contributed by atoms with Crippen molar-refractivity contribution >= 4 is 10.1 Å². The van der Waals surface area contributed by atoms with Crippen LogP contribution in [-0.4, -0.2) is 23.7 Å². The maximum Gasteiger partial charge on any atom is 3.00 e. The molecule has 0 heterocycles. The van der Waals surface area contributed by atoms with Crippen molar-refractivity contribution < 1.29 is 91.9 Å². The number of halogens is 3. The summed E-state index contributed by atoms with van der Waals surface area (Å²) in [5.41, 5.74) is 2.79. The molecule has 3 aromatic carbocycles. The largest absolute Gasteiger partial charge is 3.00 e. The van der Waals surface area contributed by atoms with E-state index >= 15 is 0 Å². The van der Waals surface area contributed by atoms with Crippen LogP contribution in [0.25, 0.3) is 11.5 Å². The van der Waals surface area contributed by atoms with E-state index in [0.29, 0.717) is 0 Å². The molecule has 0 aromatic heterocycles. The van der Waals surface area contributed by atoms with E-state index < -0.39 is 15.6 Å². The summed E-state index contributed by atoms with van der Waals surface area (Å²) in [6.07, 6.45) is 0. The van der Waals surface area contributed by atoms with Crippen molar-refractivity contribution in [2.24, 2.45) is 0 Å². The first-order valence-electron chi connectivity index (χ1n) is 7.91. The summed E-state index contributed by atoms with van der Waals surface area (Å²) in [7, 11) is -6.09. The van der Waals surface area contributed by atoms with E-state index in [1.54, 1.807) is 0 Å². The van der Waals surface area contributed by atoms with Gasteiger partial charge in [0.05, 0.1) is 0 Å². The number of aryl methyl sites for hydroxylation is 2. The Morgan fingerprint density at radius 1 is 0.889 bits per heavy atom. The molecule has 2 N–H and O–H groups in total. The first kappa shape index (κ1) is 55.0. The van der Waals surface area contributed by atoms with Crippen molar-refractivity contribution in [3.05, 3.63) is 120 Å². The van der Waals surface area contributed by atoms with Crippen molar-refractivity contribution in [1.82, 2.24) is 0 Å². The van der Waals surface area contributed by atoms with Crippen LogP contribution in [0.3, 0.4) is 0 Å². The number of alkyl halides is 3. The van der Waals surface area contributed by atoms with Crippen molar-refractivity contribution in [2.75, 3.05) is 0 Å². The van der Waals surface area contributed by atoms with E-state index in [0.717, 1.165) is 0 Å². The second-order valence-electron chi connectivity index (χ2n) is 4.79. The third-order valence-corrected chi connectivity index (χ3v) is 3.06. The molecule has 0 saturated carbocycles. The fourth-order valence-electron chi connectivity index (χ4n) is 1.26. The van der Waals surface area contributed by atoms with E-state index in [1.165, 1.54) is 11.1 Å². The van der Waals surface area contributed by atoms with Gasteiger partial charge in [0.1, 0.15) is 0 Å². The average Bonchev–Trinajstić information content (AvgIpc) is 3.59. The zero-order valence-corrected chi connectivity index (χ0v) is 22.7. The Kier molecular flexibility index (Phi) is 61.8. The quantitative estimate of drug-likeness (QED) is 0.0830. The van der Waals surface area contributed by atoms with Gasteiger partial charge in [0.15, 0.2) is 10.1 Å². The number of nitrogens with zero attached hydrogens (tertiary/aromatic N) is 1. The van der Waals surface area contributed by atoms with Crippen LogP contribution in [0.1, 0.15) is 11.1 Å². The predicted molar refractivity (Wildman–Crippen MR) is 112 cm³/mol. The molecule has 36 heavy (non-hydrogen) atoms. The van der Waals surface area contributed by atoms with Crippen LogP contribution < -0.4 is 0 Å². The van der Waals surface area contributed by atoms with Crippen LogP contribution in [0, 0.1) is 32.1 Å². The van der Waals surface area contributed by atoms with Gasteiger partial charge in [-0.3, -0.25) is 0 Å². The van der Waals surface area contributed by atoms with E-state index in [-0.39, 0.29) is 51.2 Å². The second-order valence-corrected chi connectivity index (χ2v) is 6.16. The molecular weight excluding hydrogens is 636 g/mol. The molecule has 0 bridgehead atoms. The fraction of sp³-hybridized carbons (Fsp3) is 0.150. The van der Waals surface area contributed by atoms with Crippen LogP contribution in [-0.2, 0) is 70.6 Å². The smallest absolute Gasteiger partial charge is 0.577 e. The Balaban J connectivity index is -0.0000000434. The Bertz CT molecular complexity index is 805. The van der Waals surface area contributed by atoms with Crippen LogP contribution in [0.15, 0.2) is 78.9 Å². The maximum atomic E-state index is 10.7. The van der Waals surface area contributed by atoms with Crippen LogP contribution in [0.2, 0.25) is 0 Å². The molecule has 0 aliphatic heterocycles. The van der Waals surface area contributed by atoms with Crippen molar-refractivity contribution in [2.45, 2.75) is 19.4 Å². The summed E-state index contributed by atoms with van der Waals surface area (Å²) >= 11 is 0. The average molecular weight is 657 g/mol. The van der Waals surface area contributed by atoms with Crippen LogP contribution >= 0.6 is 0 Å². The number of rotatable bonds is 0. The summed E-state index contributed by atoms with van der Waals surface area (Å²) in [5.74, 6) is 4.75. The first-order chi connectivity index (χ1) is 15.5. The van der Waals surface area contributed by atoms with Gasteiger partial charge in [-0.1, -0.05) is 13.8 Å². The summed E-state index contributed by atoms with van der Waals surface area (Å²) in [5, 5.41) is 6.25.